The number of ether oxygens (including phenoxy) is 1. The Kier molecular flexibility index (Phi) is 2.05. The Labute approximate surface area is 42.4 Å². The van der Waals surface area contributed by atoms with Crippen LogP contribution >= 0.6 is 0 Å². The standard InChI is InChI=1S/C4H9NO2/c1-3(5)4(6)7-2/h6H,5H2,1-2H3/b4-3-. The number of nitrogens with two attached hydrogens (primary N) is 1. The molecule has 0 atom stereocenters. The molecule has 0 aromatic heterocycles. The van der Waals surface area contributed by atoms with Crippen molar-refractivity contribution in [1.82, 2.24) is 0 Å². The fourth-order valence-electron chi connectivity index (χ4n) is 0.161. The molecule has 0 spiro atoms. The van der Waals surface area contributed by atoms with Gasteiger partial charge in [0.05, 0.1) is 12.8 Å². The summed E-state index contributed by atoms with van der Waals surface area (Å²) >= 11 is 0. The van der Waals surface area contributed by atoms with Crippen LogP contribution in [0.4, 0.5) is 0 Å². The molecule has 0 aliphatic carbocycles. The highest BCUT2D eigenvalue weighted by Crippen LogP contribution is 1.90. The second-order valence-corrected chi connectivity index (χ2v) is 1.19. The number of hydrogen-bond donors (Lipinski definition) is 2. The molecule has 7 heavy (non-hydrogen) atoms. The maximum Gasteiger partial charge on any atom is 0.295 e. The van der Waals surface area contributed by atoms with E-state index in [1.807, 2.05) is 0 Å². The molecule has 0 aromatic carbocycles. The van der Waals surface area contributed by atoms with Gasteiger partial charge in [0.2, 0.25) is 0 Å². The lowest BCUT2D eigenvalue weighted by molar-refractivity contribution is 0.130. The van der Waals surface area contributed by atoms with Crippen molar-refractivity contribution in [1.29, 1.82) is 0 Å². The van der Waals surface area contributed by atoms with Gasteiger partial charge in [-0.15, -0.1) is 0 Å². The van der Waals surface area contributed by atoms with Gasteiger partial charge in [0.15, 0.2) is 0 Å². The molecule has 3 N–H and O–H groups in total. The summed E-state index contributed by atoms with van der Waals surface area (Å²) in [5.74, 6) is -0.208. The van der Waals surface area contributed by atoms with Crippen LogP contribution in [0.5, 0.6) is 0 Å². The zero-order valence-corrected chi connectivity index (χ0v) is 4.43. The molecule has 0 fully saturated rings. The Hall–Kier alpha value is -0.860. The molecule has 0 saturated heterocycles. The van der Waals surface area contributed by atoms with Gasteiger partial charge in [0.1, 0.15) is 0 Å². The molecule has 0 aliphatic rings. The van der Waals surface area contributed by atoms with Crippen LogP contribution in [0.15, 0.2) is 11.6 Å². The number of rotatable bonds is 1. The van der Waals surface area contributed by atoms with Crippen molar-refractivity contribution < 1.29 is 9.84 Å². The summed E-state index contributed by atoms with van der Waals surface area (Å²) in [7, 11) is 1.35. The fraction of sp³-hybridized carbons (Fsp3) is 0.500. The molecule has 0 amide bonds. The third-order valence-electron chi connectivity index (χ3n) is 0.531. The van der Waals surface area contributed by atoms with E-state index in [1.165, 1.54) is 7.11 Å². The van der Waals surface area contributed by atoms with Crippen LogP contribution in [0, 0.1) is 0 Å². The summed E-state index contributed by atoms with van der Waals surface area (Å²) in [5, 5.41) is 8.47. The van der Waals surface area contributed by atoms with Crippen LogP contribution in [0.25, 0.3) is 0 Å². The quantitative estimate of drug-likeness (QED) is 0.470. The average molecular weight is 103 g/mol. The topological polar surface area (TPSA) is 55.5 Å². The molecule has 3 nitrogen and oxygen atoms in total. The lowest BCUT2D eigenvalue weighted by atomic mass is 10.6. The normalized spacial score (nSPS) is 12.9. The minimum absolute atomic E-state index is 0.208. The summed E-state index contributed by atoms with van der Waals surface area (Å²) in [4.78, 5) is 0. The summed E-state index contributed by atoms with van der Waals surface area (Å²) in [5.41, 5.74) is 5.35. The highest BCUT2D eigenvalue weighted by atomic mass is 16.6. The summed E-state index contributed by atoms with van der Waals surface area (Å²) in [6, 6.07) is 0. The smallest absolute Gasteiger partial charge is 0.295 e. The third-order valence-corrected chi connectivity index (χ3v) is 0.531. The van der Waals surface area contributed by atoms with Gasteiger partial charge in [-0.1, -0.05) is 0 Å². The first kappa shape index (κ1) is 6.14. The molecule has 0 radical (unpaired) electrons. The van der Waals surface area contributed by atoms with Crippen molar-refractivity contribution in [3.63, 3.8) is 0 Å². The van der Waals surface area contributed by atoms with Crippen LogP contribution in [-0.2, 0) is 4.74 Å². The lowest BCUT2D eigenvalue weighted by Gasteiger charge is -1.95. The second kappa shape index (κ2) is 2.34. The van der Waals surface area contributed by atoms with E-state index < -0.39 is 0 Å². The second-order valence-electron chi connectivity index (χ2n) is 1.19. The van der Waals surface area contributed by atoms with E-state index in [0.717, 1.165) is 0 Å². The van der Waals surface area contributed by atoms with Crippen LogP contribution in [0.2, 0.25) is 0 Å². The van der Waals surface area contributed by atoms with Gasteiger partial charge in [-0.3, -0.25) is 0 Å². The van der Waals surface area contributed by atoms with E-state index in [1.54, 1.807) is 6.92 Å². The Morgan fingerprint density at radius 2 is 2.14 bits per heavy atom. The zero-order valence-electron chi connectivity index (χ0n) is 4.43. The maximum atomic E-state index is 8.47. The highest BCUT2D eigenvalue weighted by Gasteiger charge is 1.88. The number of methoxy groups -OCH3 is 1. The van der Waals surface area contributed by atoms with Gasteiger partial charge in [0, 0.05) is 0 Å². The van der Waals surface area contributed by atoms with Crippen LogP contribution in [-0.4, -0.2) is 12.2 Å². The number of aliphatic hydroxyl groups is 1. The van der Waals surface area contributed by atoms with Gasteiger partial charge in [-0.05, 0) is 6.92 Å². The van der Waals surface area contributed by atoms with Gasteiger partial charge in [-0.2, -0.15) is 0 Å². The van der Waals surface area contributed by atoms with Crippen LogP contribution < -0.4 is 5.73 Å². The number of allylic oxidation sites excluding steroid dienone is 1. The molecule has 0 unspecified atom stereocenters. The Bertz CT molecular complexity index is 83.7. The van der Waals surface area contributed by atoms with E-state index in [4.69, 9.17) is 10.8 Å². The monoisotopic (exact) mass is 103 g/mol. The molecule has 0 aliphatic heterocycles. The SMILES string of the molecule is CO/C(O)=C(/C)N. The molecular formula is C4H9NO2. The summed E-state index contributed by atoms with van der Waals surface area (Å²) in [6.45, 7) is 1.55. The van der Waals surface area contributed by atoms with Crippen molar-refractivity contribution in [3.05, 3.63) is 11.6 Å². The number of hydrogen-bond acceptors (Lipinski definition) is 3. The summed E-state index contributed by atoms with van der Waals surface area (Å²) < 4.78 is 4.32. The van der Waals surface area contributed by atoms with Crippen molar-refractivity contribution in [2.75, 3.05) is 7.11 Å². The Morgan fingerprint density at radius 3 is 2.14 bits per heavy atom. The average Bonchev–Trinajstić information content (AvgIpc) is 1.65. The van der Waals surface area contributed by atoms with Gasteiger partial charge in [0.25, 0.3) is 5.95 Å². The fourth-order valence-corrected chi connectivity index (χ4v) is 0.161. The van der Waals surface area contributed by atoms with Crippen molar-refractivity contribution >= 4 is 0 Å². The van der Waals surface area contributed by atoms with Crippen molar-refractivity contribution in [2.45, 2.75) is 6.92 Å². The molecule has 0 rings (SSSR count). The van der Waals surface area contributed by atoms with E-state index in [-0.39, 0.29) is 5.95 Å². The van der Waals surface area contributed by atoms with Crippen LogP contribution in [0.3, 0.4) is 0 Å². The molecule has 42 valence electrons. The molecule has 0 aromatic rings. The first-order valence-corrected chi connectivity index (χ1v) is 1.87. The minimum atomic E-state index is -0.208. The first-order valence-electron chi connectivity index (χ1n) is 1.87. The highest BCUT2D eigenvalue weighted by molar-refractivity contribution is 4.90. The molecule has 0 heterocycles. The van der Waals surface area contributed by atoms with Crippen molar-refractivity contribution in [3.8, 4) is 0 Å². The third kappa shape index (κ3) is 1.92. The van der Waals surface area contributed by atoms with Gasteiger partial charge >= 0.3 is 0 Å². The largest absolute Gasteiger partial charge is 0.480 e. The van der Waals surface area contributed by atoms with Crippen molar-refractivity contribution in [2.24, 2.45) is 5.73 Å². The maximum absolute atomic E-state index is 8.47. The molecular weight excluding hydrogens is 94.0 g/mol. The first-order chi connectivity index (χ1) is 3.18. The van der Waals surface area contributed by atoms with Gasteiger partial charge < -0.3 is 15.6 Å². The molecule has 0 saturated carbocycles. The van der Waals surface area contributed by atoms with E-state index in [0.29, 0.717) is 5.70 Å². The molecule has 3 heteroatoms. The number of aliphatic hydroxyl groups excluding tert-OH is 1. The van der Waals surface area contributed by atoms with E-state index in [9.17, 15) is 0 Å². The minimum Gasteiger partial charge on any atom is -0.480 e. The predicted molar refractivity (Wildman–Crippen MR) is 26.5 cm³/mol. The van der Waals surface area contributed by atoms with E-state index >= 15 is 0 Å². The van der Waals surface area contributed by atoms with Crippen LogP contribution in [0.1, 0.15) is 6.92 Å². The molecule has 0 bridgehead atoms. The van der Waals surface area contributed by atoms with Gasteiger partial charge in [-0.25, -0.2) is 0 Å². The Balaban J connectivity index is 3.72. The predicted octanol–water partition coefficient (Wildman–Crippen LogP) is 0.339. The Morgan fingerprint density at radius 1 is 1.71 bits per heavy atom. The zero-order chi connectivity index (χ0) is 5.86. The summed E-state index contributed by atoms with van der Waals surface area (Å²) in [6.07, 6.45) is 0. The van der Waals surface area contributed by atoms with E-state index in [2.05, 4.69) is 4.74 Å². The lowest BCUT2D eigenvalue weighted by Crippen LogP contribution is -1.98.